The Morgan fingerprint density at radius 1 is 0.639 bits per heavy atom. The van der Waals surface area contributed by atoms with Crippen molar-refractivity contribution in [3.8, 4) is 56.4 Å². The first kappa shape index (κ1) is 63.2. The van der Waals surface area contributed by atoms with Gasteiger partial charge in [0.2, 0.25) is 0 Å². The van der Waals surface area contributed by atoms with Gasteiger partial charge in [-0.2, -0.15) is 4.36 Å². The second-order valence-electron chi connectivity index (χ2n) is 20.1. The number of hydrogen-bond donors (Lipinski definition) is 7. The fraction of sp³-hybridized carbons (Fsp3) is 0.349. The van der Waals surface area contributed by atoms with Gasteiger partial charge < -0.3 is 58.9 Å². The topological polar surface area (TPSA) is 266 Å². The van der Waals surface area contributed by atoms with Gasteiger partial charge in [0.25, 0.3) is 0 Å². The SMILES string of the molecule is C1CCCC1.CCO[Si](CCCN)(OCC)OCC.O=C(O)c1cc(N=S)ccc1-c1c2ccc(=O)cc-2oc2cc(O)ccc12.O=C(O)c1cc(NC(=S)NCCCC2CCCC2)ccc1-c1c2ccc(=O)cc-2oc2cc(O)ccc12. The lowest BCUT2D eigenvalue weighted by atomic mass is 9.90. The molecule has 2 aliphatic heterocycles. The van der Waals surface area contributed by atoms with Crippen LogP contribution in [0.1, 0.15) is 119 Å². The molecule has 2 saturated carbocycles. The van der Waals surface area contributed by atoms with Gasteiger partial charge >= 0.3 is 20.7 Å². The maximum absolute atomic E-state index is 12.4. The number of thiocarbonyl (C=S) groups is 1. The van der Waals surface area contributed by atoms with E-state index in [4.69, 9.17) is 40.1 Å². The molecule has 0 unspecified atom stereocenters. The molecule has 10 rings (SSSR count). The Hall–Kier alpha value is -7.43. The largest absolute Gasteiger partial charge is 0.508 e. The molecule has 0 radical (unpaired) electrons. The van der Waals surface area contributed by atoms with Crippen molar-refractivity contribution in [3.05, 3.63) is 141 Å². The number of carbonyl (C=O) groups is 2. The molecular formula is C63H72N4O13S2Si. The van der Waals surface area contributed by atoms with Crippen molar-refractivity contribution < 1.29 is 52.1 Å². The molecule has 17 nitrogen and oxygen atoms in total. The van der Waals surface area contributed by atoms with Crippen LogP contribution in [-0.4, -0.2) is 79.2 Å². The molecule has 4 aromatic carbocycles. The molecule has 0 spiro atoms. The highest BCUT2D eigenvalue weighted by molar-refractivity contribution is 7.80. The highest BCUT2D eigenvalue weighted by Crippen LogP contribution is 2.44. The van der Waals surface area contributed by atoms with E-state index in [0.29, 0.717) is 110 Å². The molecule has 6 aliphatic rings. The Bertz CT molecular complexity index is 3560. The zero-order valence-electron chi connectivity index (χ0n) is 47.0. The first-order chi connectivity index (χ1) is 40.1. The fourth-order valence-electron chi connectivity index (χ4n) is 10.6. The Labute approximate surface area is 494 Å². The van der Waals surface area contributed by atoms with E-state index in [2.05, 4.69) is 27.4 Å². The lowest BCUT2D eigenvalue weighted by Gasteiger charge is -2.28. The van der Waals surface area contributed by atoms with Gasteiger partial charge in [-0.15, -0.1) is 0 Å². The van der Waals surface area contributed by atoms with E-state index in [9.17, 15) is 39.6 Å². The highest BCUT2D eigenvalue weighted by Gasteiger charge is 2.39. The summed E-state index contributed by atoms with van der Waals surface area (Å²) in [5, 5.41) is 47.5. The van der Waals surface area contributed by atoms with Crippen LogP contribution in [0.25, 0.3) is 66.8 Å². The van der Waals surface area contributed by atoms with E-state index >= 15 is 0 Å². The third kappa shape index (κ3) is 16.9. The number of nitrogens with one attached hydrogen (secondary N) is 2. The van der Waals surface area contributed by atoms with Gasteiger partial charge in [0, 0.05) is 108 Å². The van der Waals surface area contributed by atoms with E-state index in [-0.39, 0.29) is 33.5 Å². The van der Waals surface area contributed by atoms with Crippen molar-refractivity contribution in [2.75, 3.05) is 38.2 Å². The minimum atomic E-state index is -2.40. The molecule has 438 valence electrons. The molecule has 4 aliphatic carbocycles. The second kappa shape index (κ2) is 30.7. The number of aromatic carboxylic acids is 2. The van der Waals surface area contributed by atoms with Gasteiger partial charge in [-0.25, -0.2) is 9.59 Å². The lowest BCUT2D eigenvalue weighted by molar-refractivity contribution is 0.0687. The van der Waals surface area contributed by atoms with Gasteiger partial charge in [-0.1, -0.05) is 69.9 Å². The standard InChI is InChI=1S/C29H28N2O5S.C20H11NO5S.C9H23NO3Si.C5H10/c32-19-8-11-22-25(15-19)36-26-16-20(33)9-12-23(26)27(22)21-10-7-18(14-24(21)28(34)35)31-29(37)30-13-3-6-17-4-1-2-5-17;22-11-2-5-14-17(8-11)26-18-9-12(23)3-6-15(18)19(14)13-4-1-10(21-27)7-16(13)20(24)25;1-4-11-14(12-5-2,13-6-3)9-7-8-10;1-2-4-5-3-1/h7-12,14-17,32H,1-6,13H2,(H,34,35)(H2,30,31,37);1-9,22H,(H,24,25);4-10H2,1-3H3;1-5H2. The summed E-state index contributed by atoms with van der Waals surface area (Å²) in [6.07, 6.45) is 16.0. The predicted octanol–water partition coefficient (Wildman–Crippen LogP) is 13.9. The smallest absolute Gasteiger partial charge is 0.500 e. The van der Waals surface area contributed by atoms with Crippen molar-refractivity contribution >= 4 is 83.8 Å². The van der Waals surface area contributed by atoms with Gasteiger partial charge in [0.15, 0.2) is 16.0 Å². The molecule has 0 saturated heterocycles. The van der Waals surface area contributed by atoms with Crippen LogP contribution < -0.4 is 27.2 Å². The Morgan fingerprint density at radius 2 is 1.12 bits per heavy atom. The third-order valence-electron chi connectivity index (χ3n) is 14.3. The number of rotatable bonds is 19. The number of anilines is 1. The number of carboxylic acid groups (broad SMARTS) is 2. The molecule has 20 heteroatoms. The number of phenolic OH excluding ortho intramolecular Hbond substituents is 2. The van der Waals surface area contributed by atoms with Gasteiger partial charge in [0.1, 0.15) is 34.2 Å². The zero-order valence-corrected chi connectivity index (χ0v) is 49.6. The van der Waals surface area contributed by atoms with E-state index in [1.165, 1.54) is 119 Å². The van der Waals surface area contributed by atoms with Crippen LogP contribution in [0.5, 0.6) is 11.5 Å². The number of carboxylic acids is 2. The number of nitrogens with two attached hydrogens (primary N) is 1. The monoisotopic (exact) mass is 1180 g/mol. The Morgan fingerprint density at radius 3 is 1.59 bits per heavy atom. The van der Waals surface area contributed by atoms with E-state index in [1.54, 1.807) is 54.6 Å². The summed E-state index contributed by atoms with van der Waals surface area (Å²) in [6.45, 7) is 9.21. The van der Waals surface area contributed by atoms with Crippen LogP contribution >= 0.6 is 12.2 Å². The summed E-state index contributed by atoms with van der Waals surface area (Å²) < 4.78 is 32.2. The number of benzene rings is 6. The van der Waals surface area contributed by atoms with Gasteiger partial charge in [0.05, 0.1) is 16.8 Å². The number of aromatic hydroxyl groups is 2. The van der Waals surface area contributed by atoms with Crippen LogP contribution in [0.15, 0.2) is 132 Å². The first-order valence-corrected chi connectivity index (χ1v) is 31.0. The zero-order chi connectivity index (χ0) is 59.5. The van der Waals surface area contributed by atoms with Crippen molar-refractivity contribution in [3.63, 3.8) is 0 Å². The average molecular weight is 1190 g/mol. The van der Waals surface area contributed by atoms with Crippen LogP contribution in [0.2, 0.25) is 6.04 Å². The third-order valence-corrected chi connectivity index (χ3v) is 17.9. The first-order valence-electron chi connectivity index (χ1n) is 28.3. The quantitative estimate of drug-likeness (QED) is 0.0172. The van der Waals surface area contributed by atoms with Crippen LogP contribution in [0, 0.1) is 5.92 Å². The van der Waals surface area contributed by atoms with Crippen molar-refractivity contribution in [1.29, 1.82) is 0 Å². The summed E-state index contributed by atoms with van der Waals surface area (Å²) in [6, 6.07) is 28.4. The van der Waals surface area contributed by atoms with E-state index < -0.39 is 20.7 Å². The summed E-state index contributed by atoms with van der Waals surface area (Å²) in [5.41, 5.74) is 9.95. The van der Waals surface area contributed by atoms with E-state index in [1.807, 2.05) is 20.8 Å². The normalized spacial score (nSPS) is 13.2. The molecule has 0 amide bonds. The predicted molar refractivity (Wildman–Crippen MR) is 333 cm³/mol. The fourth-order valence-corrected chi connectivity index (χ4v) is 13.5. The van der Waals surface area contributed by atoms with Crippen molar-refractivity contribution in [1.82, 2.24) is 5.32 Å². The molecule has 0 atom stereocenters. The minimum absolute atomic E-state index is 0.00193. The molecule has 8 N–H and O–H groups in total. The second-order valence-corrected chi connectivity index (χ2v) is 23.5. The number of hydrogen-bond acceptors (Lipinski definition) is 15. The molecule has 2 fully saturated rings. The number of fused-ring (bicyclic) bond motifs is 4. The van der Waals surface area contributed by atoms with E-state index in [0.717, 1.165) is 31.3 Å². The summed E-state index contributed by atoms with van der Waals surface area (Å²) in [5.74, 6) is -0.805. The van der Waals surface area contributed by atoms with Gasteiger partial charge in [-0.05, 0) is 149 Å². The maximum Gasteiger partial charge on any atom is 0.500 e. The number of nitrogens with zero attached hydrogens (tertiary/aromatic N) is 1. The Balaban J connectivity index is 0.000000187. The van der Waals surface area contributed by atoms with Crippen LogP contribution in [-0.2, 0) is 25.7 Å². The van der Waals surface area contributed by atoms with Gasteiger partial charge in [-0.3, -0.25) is 9.59 Å². The molecule has 0 bridgehead atoms. The minimum Gasteiger partial charge on any atom is -0.508 e. The van der Waals surface area contributed by atoms with Crippen molar-refractivity contribution in [2.24, 2.45) is 16.0 Å². The molecule has 83 heavy (non-hydrogen) atoms. The summed E-state index contributed by atoms with van der Waals surface area (Å²) in [4.78, 5) is 48.0. The number of phenols is 2. The average Bonchev–Trinajstić information content (AvgIpc) is 3.57. The van der Waals surface area contributed by atoms with Crippen molar-refractivity contribution in [2.45, 2.75) is 104 Å². The summed E-state index contributed by atoms with van der Waals surface area (Å²) >= 11 is 10.1. The van der Waals surface area contributed by atoms with Crippen LogP contribution in [0.4, 0.5) is 11.4 Å². The molecule has 4 aromatic rings. The molecular weight excluding hydrogens is 1110 g/mol. The van der Waals surface area contributed by atoms with Crippen LogP contribution in [0.3, 0.4) is 0 Å². The molecule has 2 heterocycles. The molecule has 0 aromatic heterocycles. The highest BCUT2D eigenvalue weighted by atomic mass is 32.1. The Kier molecular flexibility index (Phi) is 23.4. The maximum atomic E-state index is 12.4. The lowest BCUT2D eigenvalue weighted by Crippen LogP contribution is -2.46. The summed E-state index contributed by atoms with van der Waals surface area (Å²) in [7, 11) is -2.40.